The van der Waals surface area contributed by atoms with Crippen molar-refractivity contribution < 1.29 is 17.9 Å². The maximum absolute atomic E-state index is 12.7. The van der Waals surface area contributed by atoms with Gasteiger partial charge in [-0.3, -0.25) is 0 Å². The van der Waals surface area contributed by atoms with E-state index in [1.165, 1.54) is 9.21 Å². The lowest BCUT2D eigenvalue weighted by atomic mass is 10.0. The van der Waals surface area contributed by atoms with Gasteiger partial charge in [-0.15, -0.1) is 0 Å². The van der Waals surface area contributed by atoms with Gasteiger partial charge in [-0.25, -0.2) is 13.2 Å². The van der Waals surface area contributed by atoms with Crippen LogP contribution in [-0.4, -0.2) is 56.5 Å². The lowest BCUT2D eigenvalue weighted by Crippen LogP contribution is -2.50. The number of nitrogens with zero attached hydrogens (tertiary/aromatic N) is 2. The first-order valence-corrected chi connectivity index (χ1v) is 9.32. The van der Waals surface area contributed by atoms with E-state index in [4.69, 9.17) is 4.74 Å². The molecule has 23 heavy (non-hydrogen) atoms. The average Bonchev–Trinajstić information content (AvgIpc) is 2.55. The van der Waals surface area contributed by atoms with Crippen molar-refractivity contribution in [2.24, 2.45) is 0 Å². The van der Waals surface area contributed by atoms with Gasteiger partial charge in [-0.05, 0) is 30.5 Å². The molecule has 0 radical (unpaired) electrons. The van der Waals surface area contributed by atoms with E-state index < -0.39 is 10.0 Å². The molecule has 0 bridgehead atoms. The summed E-state index contributed by atoms with van der Waals surface area (Å²) in [6.45, 7) is 7.47. The molecule has 1 aliphatic heterocycles. The molecule has 6 nitrogen and oxygen atoms in total. The summed E-state index contributed by atoms with van der Waals surface area (Å²) < 4.78 is 31.7. The van der Waals surface area contributed by atoms with E-state index >= 15 is 0 Å². The number of benzene rings is 1. The predicted molar refractivity (Wildman–Crippen MR) is 87.9 cm³/mol. The quantitative estimate of drug-likeness (QED) is 0.843. The molecule has 0 spiro atoms. The molecule has 0 N–H and O–H groups in total. The molecule has 0 aliphatic carbocycles. The fraction of sp³-hybridized carbons (Fsp3) is 0.562. The molecule has 1 amide bonds. The second-order valence-electron chi connectivity index (χ2n) is 5.81. The van der Waals surface area contributed by atoms with Crippen molar-refractivity contribution >= 4 is 16.1 Å². The number of rotatable bonds is 4. The van der Waals surface area contributed by atoms with E-state index in [0.717, 1.165) is 5.56 Å². The predicted octanol–water partition coefficient (Wildman–Crippen LogP) is 2.27. The van der Waals surface area contributed by atoms with E-state index in [0.29, 0.717) is 30.5 Å². The molecule has 1 heterocycles. The van der Waals surface area contributed by atoms with Crippen molar-refractivity contribution in [3.8, 4) is 0 Å². The Morgan fingerprint density at radius 3 is 2.17 bits per heavy atom. The van der Waals surface area contributed by atoms with Crippen molar-refractivity contribution in [3.05, 3.63) is 29.8 Å². The van der Waals surface area contributed by atoms with Gasteiger partial charge in [0.15, 0.2) is 0 Å². The van der Waals surface area contributed by atoms with Crippen LogP contribution in [0.4, 0.5) is 4.79 Å². The Balaban J connectivity index is 2.05. The summed E-state index contributed by atoms with van der Waals surface area (Å²) in [5, 5.41) is 0. The summed E-state index contributed by atoms with van der Waals surface area (Å²) in [5.41, 5.74) is 1.11. The molecular weight excluding hydrogens is 316 g/mol. The summed E-state index contributed by atoms with van der Waals surface area (Å²) >= 11 is 0. The van der Waals surface area contributed by atoms with Gasteiger partial charge in [0.25, 0.3) is 0 Å². The van der Waals surface area contributed by atoms with E-state index in [1.807, 2.05) is 12.1 Å². The van der Waals surface area contributed by atoms with E-state index in [1.54, 1.807) is 19.1 Å². The monoisotopic (exact) mass is 340 g/mol. The zero-order valence-electron chi connectivity index (χ0n) is 13.9. The average molecular weight is 340 g/mol. The highest BCUT2D eigenvalue weighted by molar-refractivity contribution is 7.89. The summed E-state index contributed by atoms with van der Waals surface area (Å²) in [6.07, 6.45) is -0.383. The van der Waals surface area contributed by atoms with Crippen molar-refractivity contribution in [1.29, 1.82) is 0 Å². The smallest absolute Gasteiger partial charge is 0.409 e. The number of sulfonamides is 1. The van der Waals surface area contributed by atoms with E-state index in [9.17, 15) is 13.2 Å². The van der Waals surface area contributed by atoms with Gasteiger partial charge in [-0.2, -0.15) is 4.31 Å². The van der Waals surface area contributed by atoms with Crippen LogP contribution in [0.15, 0.2) is 29.2 Å². The Kier molecular flexibility index (Phi) is 5.64. The molecule has 1 aromatic rings. The molecular formula is C16H24N2O4S. The van der Waals surface area contributed by atoms with Gasteiger partial charge >= 0.3 is 6.09 Å². The second kappa shape index (κ2) is 7.31. The van der Waals surface area contributed by atoms with Crippen molar-refractivity contribution in [1.82, 2.24) is 9.21 Å². The number of carbonyl (C=O) groups is 1. The number of amides is 1. The fourth-order valence-electron chi connectivity index (χ4n) is 2.50. The van der Waals surface area contributed by atoms with Crippen LogP contribution in [0.2, 0.25) is 0 Å². The van der Waals surface area contributed by atoms with Gasteiger partial charge in [-0.1, -0.05) is 26.0 Å². The molecule has 7 heteroatoms. The zero-order chi connectivity index (χ0) is 17.0. The third-order valence-electron chi connectivity index (χ3n) is 3.95. The van der Waals surface area contributed by atoms with Crippen LogP contribution >= 0.6 is 0 Å². The number of piperazine rings is 1. The van der Waals surface area contributed by atoms with Crippen LogP contribution in [0.5, 0.6) is 0 Å². The Hall–Kier alpha value is -1.60. The Bertz CT molecular complexity index is 633. The lowest BCUT2D eigenvalue weighted by Gasteiger charge is -2.33. The normalized spacial score (nSPS) is 16.6. The highest BCUT2D eigenvalue weighted by atomic mass is 32.2. The van der Waals surface area contributed by atoms with Crippen LogP contribution < -0.4 is 0 Å². The second-order valence-corrected chi connectivity index (χ2v) is 7.75. The fourth-order valence-corrected chi connectivity index (χ4v) is 3.92. The number of hydrogen-bond acceptors (Lipinski definition) is 4. The van der Waals surface area contributed by atoms with Crippen LogP contribution in [0.25, 0.3) is 0 Å². The highest BCUT2D eigenvalue weighted by Crippen LogP contribution is 2.21. The molecule has 1 fully saturated rings. The first-order valence-electron chi connectivity index (χ1n) is 7.88. The summed E-state index contributed by atoms with van der Waals surface area (Å²) in [7, 11) is -3.51. The minimum Gasteiger partial charge on any atom is -0.450 e. The van der Waals surface area contributed by atoms with Crippen LogP contribution in [0.3, 0.4) is 0 Å². The first-order chi connectivity index (χ1) is 10.9. The summed E-state index contributed by atoms with van der Waals surface area (Å²) in [5.74, 6) is 0.361. The number of ether oxygens (including phenoxy) is 1. The minimum atomic E-state index is -3.51. The van der Waals surface area contributed by atoms with Crippen molar-refractivity contribution in [2.45, 2.75) is 31.6 Å². The van der Waals surface area contributed by atoms with Crippen molar-refractivity contribution in [3.63, 3.8) is 0 Å². The van der Waals surface area contributed by atoms with Crippen LogP contribution in [0, 0.1) is 0 Å². The summed E-state index contributed by atoms with van der Waals surface area (Å²) in [4.78, 5) is 13.5. The molecule has 0 unspecified atom stereocenters. The molecule has 128 valence electrons. The largest absolute Gasteiger partial charge is 0.450 e. The molecule has 1 aromatic carbocycles. The minimum absolute atomic E-state index is 0.285. The van der Waals surface area contributed by atoms with Gasteiger partial charge < -0.3 is 9.64 Å². The van der Waals surface area contributed by atoms with Crippen molar-refractivity contribution in [2.75, 3.05) is 32.8 Å². The molecule has 1 saturated heterocycles. The van der Waals surface area contributed by atoms with Gasteiger partial charge in [0.05, 0.1) is 11.5 Å². The molecule has 0 saturated carbocycles. The maximum atomic E-state index is 12.7. The third-order valence-corrected chi connectivity index (χ3v) is 5.86. The Labute approximate surface area is 138 Å². The third kappa shape index (κ3) is 4.03. The van der Waals surface area contributed by atoms with Crippen LogP contribution in [0.1, 0.15) is 32.3 Å². The van der Waals surface area contributed by atoms with E-state index in [2.05, 4.69) is 13.8 Å². The number of carbonyl (C=O) groups excluding carboxylic acids is 1. The standard InChI is InChI=1S/C16H24N2O4S/c1-4-22-16(19)17-9-11-18(12-10-17)23(20,21)15-7-5-14(6-8-15)13(2)3/h5-8,13H,4,9-12H2,1-3H3. The first kappa shape index (κ1) is 17.7. The Morgan fingerprint density at radius 2 is 1.70 bits per heavy atom. The highest BCUT2D eigenvalue weighted by Gasteiger charge is 2.30. The van der Waals surface area contributed by atoms with E-state index in [-0.39, 0.29) is 19.2 Å². The maximum Gasteiger partial charge on any atom is 0.409 e. The summed E-state index contributed by atoms with van der Waals surface area (Å²) in [6, 6.07) is 7.02. The zero-order valence-corrected chi connectivity index (χ0v) is 14.7. The van der Waals surface area contributed by atoms with Gasteiger partial charge in [0.1, 0.15) is 0 Å². The van der Waals surface area contributed by atoms with Gasteiger partial charge in [0.2, 0.25) is 10.0 Å². The SMILES string of the molecule is CCOC(=O)N1CCN(S(=O)(=O)c2ccc(C(C)C)cc2)CC1. The number of hydrogen-bond donors (Lipinski definition) is 0. The van der Waals surface area contributed by atoms with Gasteiger partial charge in [0, 0.05) is 26.2 Å². The van der Waals surface area contributed by atoms with Crippen LogP contribution in [-0.2, 0) is 14.8 Å². The molecule has 1 aliphatic rings. The molecule has 0 aromatic heterocycles. The topological polar surface area (TPSA) is 66.9 Å². The molecule has 2 rings (SSSR count). The lowest BCUT2D eigenvalue weighted by molar-refractivity contribution is 0.0934. The molecule has 0 atom stereocenters. The Morgan fingerprint density at radius 1 is 1.13 bits per heavy atom.